The van der Waals surface area contributed by atoms with Crippen molar-refractivity contribution in [2.45, 2.75) is 13.8 Å². The number of guanidine groups is 1. The molecular weight excluding hydrogens is 204 g/mol. The largest absolute Gasteiger partial charge is 0.497 e. The predicted octanol–water partition coefficient (Wildman–Crippen LogP) is 0.919. The Morgan fingerprint density at radius 3 is 2.25 bits per heavy atom. The Balaban J connectivity index is 3.06. The van der Waals surface area contributed by atoms with Crippen molar-refractivity contribution in [3.05, 3.63) is 28.8 Å². The van der Waals surface area contributed by atoms with E-state index in [0.717, 1.165) is 22.4 Å². The quantitative estimate of drug-likeness (QED) is 0.451. The number of methoxy groups -OCH3 is 1. The van der Waals surface area contributed by atoms with Gasteiger partial charge in [0.05, 0.1) is 13.3 Å². The monoisotopic (exact) mass is 220 g/mol. The topological polar surface area (TPSA) is 86.0 Å². The molecule has 0 fully saturated rings. The van der Waals surface area contributed by atoms with E-state index in [1.54, 1.807) is 13.3 Å². The molecule has 16 heavy (non-hydrogen) atoms. The van der Waals surface area contributed by atoms with Gasteiger partial charge in [-0.3, -0.25) is 0 Å². The van der Waals surface area contributed by atoms with Crippen molar-refractivity contribution >= 4 is 12.2 Å². The molecule has 1 aromatic carbocycles. The molecule has 0 bridgehead atoms. The van der Waals surface area contributed by atoms with E-state index in [4.69, 9.17) is 16.2 Å². The van der Waals surface area contributed by atoms with E-state index in [9.17, 15) is 0 Å². The van der Waals surface area contributed by atoms with Crippen molar-refractivity contribution in [1.29, 1.82) is 0 Å². The highest BCUT2D eigenvalue weighted by atomic mass is 16.5. The first-order chi connectivity index (χ1) is 7.54. The maximum Gasteiger partial charge on any atom is 0.211 e. The van der Waals surface area contributed by atoms with Crippen molar-refractivity contribution in [2.24, 2.45) is 21.7 Å². The van der Waals surface area contributed by atoms with Crippen LogP contribution in [0.2, 0.25) is 0 Å². The highest BCUT2D eigenvalue weighted by Crippen LogP contribution is 2.20. The Kier molecular flexibility index (Phi) is 3.88. The lowest BCUT2D eigenvalue weighted by atomic mass is 10.0. The van der Waals surface area contributed by atoms with Gasteiger partial charge in [-0.15, -0.1) is 5.10 Å². The molecule has 0 aromatic heterocycles. The average Bonchev–Trinajstić information content (AvgIpc) is 2.21. The Bertz CT molecular complexity index is 411. The second-order valence-corrected chi connectivity index (χ2v) is 3.44. The average molecular weight is 220 g/mol. The molecule has 0 spiro atoms. The molecule has 1 aromatic rings. The van der Waals surface area contributed by atoms with Gasteiger partial charge in [-0.1, -0.05) is 0 Å². The molecule has 0 aliphatic rings. The van der Waals surface area contributed by atoms with Crippen molar-refractivity contribution in [2.75, 3.05) is 7.11 Å². The number of nitrogens with two attached hydrogens (primary N) is 2. The summed E-state index contributed by atoms with van der Waals surface area (Å²) in [5.74, 6) is 0.772. The summed E-state index contributed by atoms with van der Waals surface area (Å²) >= 11 is 0. The van der Waals surface area contributed by atoms with Gasteiger partial charge in [0.2, 0.25) is 5.96 Å². The predicted molar refractivity (Wildman–Crippen MR) is 65.9 cm³/mol. The lowest BCUT2D eigenvalue weighted by molar-refractivity contribution is 0.414. The van der Waals surface area contributed by atoms with Crippen LogP contribution in [0.5, 0.6) is 5.75 Å². The molecule has 0 heterocycles. The zero-order valence-corrected chi connectivity index (χ0v) is 9.69. The van der Waals surface area contributed by atoms with Crippen molar-refractivity contribution in [3.8, 4) is 5.75 Å². The van der Waals surface area contributed by atoms with Crippen LogP contribution < -0.4 is 16.2 Å². The van der Waals surface area contributed by atoms with E-state index in [1.807, 2.05) is 26.0 Å². The maximum absolute atomic E-state index is 5.17. The molecule has 0 saturated heterocycles. The second-order valence-electron chi connectivity index (χ2n) is 3.44. The molecule has 0 radical (unpaired) electrons. The van der Waals surface area contributed by atoms with Crippen molar-refractivity contribution in [1.82, 2.24) is 0 Å². The van der Waals surface area contributed by atoms with Crippen LogP contribution in [0.15, 0.2) is 22.3 Å². The molecule has 0 saturated carbocycles. The molecule has 5 nitrogen and oxygen atoms in total. The molecule has 86 valence electrons. The second kappa shape index (κ2) is 5.16. The molecule has 1 rings (SSSR count). The van der Waals surface area contributed by atoms with Crippen LogP contribution in [0, 0.1) is 13.8 Å². The fourth-order valence-corrected chi connectivity index (χ4v) is 1.41. The highest BCUT2D eigenvalue weighted by Gasteiger charge is 2.02. The van der Waals surface area contributed by atoms with Gasteiger partial charge in [0.25, 0.3) is 0 Å². The number of benzene rings is 1. The van der Waals surface area contributed by atoms with Crippen LogP contribution in [-0.2, 0) is 0 Å². The third kappa shape index (κ3) is 2.98. The van der Waals surface area contributed by atoms with Crippen LogP contribution in [0.3, 0.4) is 0 Å². The number of hydrogen-bond donors (Lipinski definition) is 2. The lowest BCUT2D eigenvalue weighted by Gasteiger charge is -2.07. The third-order valence-electron chi connectivity index (χ3n) is 2.16. The minimum absolute atomic E-state index is 0.0555. The van der Waals surface area contributed by atoms with Crippen molar-refractivity contribution in [3.63, 3.8) is 0 Å². The minimum atomic E-state index is -0.0555. The van der Waals surface area contributed by atoms with E-state index < -0.39 is 0 Å². The number of aryl methyl sites for hydroxylation is 2. The number of nitrogens with zero attached hydrogens (tertiary/aromatic N) is 2. The van der Waals surface area contributed by atoms with E-state index in [2.05, 4.69) is 10.2 Å². The SMILES string of the molecule is COc1cc(C)c(/C=N/N=C(N)N)c(C)c1. The maximum atomic E-state index is 5.17. The van der Waals surface area contributed by atoms with Gasteiger partial charge in [-0.05, 0) is 37.1 Å². The van der Waals surface area contributed by atoms with Crippen LogP contribution in [0.4, 0.5) is 0 Å². The minimum Gasteiger partial charge on any atom is -0.497 e. The molecule has 0 aliphatic carbocycles. The zero-order valence-electron chi connectivity index (χ0n) is 9.69. The molecule has 4 N–H and O–H groups in total. The Hall–Kier alpha value is -2.04. The van der Waals surface area contributed by atoms with E-state index in [0.29, 0.717) is 0 Å². The summed E-state index contributed by atoms with van der Waals surface area (Å²) in [6.45, 7) is 3.96. The van der Waals surface area contributed by atoms with Gasteiger partial charge in [0.1, 0.15) is 5.75 Å². The molecule has 5 heteroatoms. The van der Waals surface area contributed by atoms with Gasteiger partial charge in [0.15, 0.2) is 0 Å². The zero-order chi connectivity index (χ0) is 12.1. The summed E-state index contributed by atoms with van der Waals surface area (Å²) in [6.07, 6.45) is 1.63. The normalized spacial score (nSPS) is 10.4. The lowest BCUT2D eigenvalue weighted by Crippen LogP contribution is -2.21. The van der Waals surface area contributed by atoms with Crippen LogP contribution in [0.1, 0.15) is 16.7 Å². The smallest absolute Gasteiger partial charge is 0.211 e. The summed E-state index contributed by atoms with van der Waals surface area (Å²) < 4.78 is 5.16. The van der Waals surface area contributed by atoms with Gasteiger partial charge in [-0.25, -0.2) is 0 Å². The van der Waals surface area contributed by atoms with E-state index in [-0.39, 0.29) is 5.96 Å². The summed E-state index contributed by atoms with van der Waals surface area (Å²) in [4.78, 5) is 0. The third-order valence-corrected chi connectivity index (χ3v) is 2.16. The first kappa shape index (κ1) is 12.0. The van der Waals surface area contributed by atoms with E-state index >= 15 is 0 Å². The fraction of sp³-hybridized carbons (Fsp3) is 0.273. The molecule has 0 unspecified atom stereocenters. The fourth-order valence-electron chi connectivity index (χ4n) is 1.41. The molecule has 0 atom stereocenters. The van der Waals surface area contributed by atoms with Gasteiger partial charge < -0.3 is 16.2 Å². The van der Waals surface area contributed by atoms with Gasteiger partial charge in [0, 0.05) is 5.56 Å². The Morgan fingerprint density at radius 1 is 1.25 bits per heavy atom. The summed E-state index contributed by atoms with van der Waals surface area (Å²) in [7, 11) is 1.64. The standard InChI is InChI=1S/C11H16N4O/c1-7-4-9(16-3)5-8(2)10(7)6-14-15-11(12)13/h4-6H,1-3H3,(H4,12,13,15)/b14-6+. The number of rotatable bonds is 3. The molecule has 0 amide bonds. The summed E-state index contributed by atoms with van der Waals surface area (Å²) in [5.41, 5.74) is 13.5. The summed E-state index contributed by atoms with van der Waals surface area (Å²) in [5, 5.41) is 7.35. The van der Waals surface area contributed by atoms with Gasteiger partial charge >= 0.3 is 0 Å². The van der Waals surface area contributed by atoms with Gasteiger partial charge in [-0.2, -0.15) is 5.10 Å². The van der Waals surface area contributed by atoms with Crippen LogP contribution in [0.25, 0.3) is 0 Å². The number of ether oxygens (including phenoxy) is 1. The van der Waals surface area contributed by atoms with Crippen LogP contribution >= 0.6 is 0 Å². The number of hydrogen-bond acceptors (Lipinski definition) is 3. The van der Waals surface area contributed by atoms with Crippen molar-refractivity contribution < 1.29 is 4.74 Å². The molecular formula is C11H16N4O. The van der Waals surface area contributed by atoms with Crippen LogP contribution in [-0.4, -0.2) is 19.3 Å². The molecule has 0 aliphatic heterocycles. The Labute approximate surface area is 94.8 Å². The first-order valence-corrected chi connectivity index (χ1v) is 4.81. The summed E-state index contributed by atoms with van der Waals surface area (Å²) in [6, 6.07) is 3.87. The highest BCUT2D eigenvalue weighted by molar-refractivity contribution is 5.85. The van der Waals surface area contributed by atoms with E-state index in [1.165, 1.54) is 0 Å². The first-order valence-electron chi connectivity index (χ1n) is 4.81. The Morgan fingerprint density at radius 2 is 1.81 bits per heavy atom.